The largest absolute Gasteiger partial charge is 0.360 e. The van der Waals surface area contributed by atoms with Gasteiger partial charge >= 0.3 is 0 Å². The highest BCUT2D eigenvalue weighted by atomic mass is 16.5. The minimum atomic E-state index is -0.263. The topological polar surface area (TPSA) is 83.8 Å². The average molecular weight is 242 g/mol. The normalized spacial score (nSPS) is 10.7. The number of imidazole rings is 1. The molecule has 0 spiro atoms. The van der Waals surface area contributed by atoms with Gasteiger partial charge in [-0.05, 0) is 19.1 Å². The fraction of sp³-hybridized carbons (Fsp3) is 0.0833. The number of rotatable bonds is 2. The lowest BCUT2D eigenvalue weighted by Gasteiger charge is -2.01. The molecule has 2 aromatic heterocycles. The van der Waals surface area contributed by atoms with Crippen molar-refractivity contribution < 1.29 is 9.32 Å². The minimum absolute atomic E-state index is 0.263. The van der Waals surface area contributed by atoms with Crippen LogP contribution in [0.3, 0.4) is 0 Å². The second kappa shape index (κ2) is 3.99. The lowest BCUT2D eigenvalue weighted by Crippen LogP contribution is -2.12. The first-order valence-corrected chi connectivity index (χ1v) is 5.41. The number of hydrogen-bond donors (Lipinski definition) is 2. The van der Waals surface area contributed by atoms with Crippen LogP contribution in [0, 0.1) is 6.92 Å². The molecule has 18 heavy (non-hydrogen) atoms. The molecule has 0 radical (unpaired) electrons. The molecule has 3 rings (SSSR count). The summed E-state index contributed by atoms with van der Waals surface area (Å²) in [6.45, 7) is 1.76. The molecule has 90 valence electrons. The van der Waals surface area contributed by atoms with Crippen molar-refractivity contribution in [1.82, 2.24) is 15.1 Å². The highest BCUT2D eigenvalue weighted by molar-refractivity contribution is 6.11. The zero-order valence-corrected chi connectivity index (χ0v) is 9.60. The van der Waals surface area contributed by atoms with E-state index in [2.05, 4.69) is 20.4 Å². The molecule has 0 unspecified atom stereocenters. The summed E-state index contributed by atoms with van der Waals surface area (Å²) in [4.78, 5) is 19.2. The molecule has 2 heterocycles. The van der Waals surface area contributed by atoms with Gasteiger partial charge in [0.1, 0.15) is 11.3 Å². The number of benzene rings is 1. The van der Waals surface area contributed by atoms with Gasteiger partial charge in [-0.15, -0.1) is 0 Å². The molecular weight excluding hydrogens is 232 g/mol. The summed E-state index contributed by atoms with van der Waals surface area (Å²) in [5.74, 6) is 0.773. The minimum Gasteiger partial charge on any atom is -0.360 e. The predicted molar refractivity (Wildman–Crippen MR) is 65.3 cm³/mol. The second-order valence-electron chi connectivity index (χ2n) is 3.88. The van der Waals surface area contributed by atoms with Crippen LogP contribution in [-0.4, -0.2) is 21.0 Å². The Morgan fingerprint density at radius 2 is 2.33 bits per heavy atom. The van der Waals surface area contributed by atoms with E-state index in [9.17, 15) is 4.79 Å². The van der Waals surface area contributed by atoms with Gasteiger partial charge in [-0.3, -0.25) is 4.79 Å². The first kappa shape index (κ1) is 10.5. The van der Waals surface area contributed by atoms with E-state index in [1.807, 2.05) is 6.07 Å². The molecule has 1 amide bonds. The first-order chi connectivity index (χ1) is 8.74. The van der Waals surface area contributed by atoms with Crippen LogP contribution in [0.15, 0.2) is 35.1 Å². The number of amides is 1. The monoisotopic (exact) mass is 242 g/mol. The molecule has 0 aliphatic carbocycles. The molecule has 6 nitrogen and oxygen atoms in total. The van der Waals surface area contributed by atoms with Gasteiger partial charge in [0, 0.05) is 6.07 Å². The van der Waals surface area contributed by atoms with Crippen LogP contribution < -0.4 is 5.32 Å². The summed E-state index contributed by atoms with van der Waals surface area (Å²) < 4.78 is 4.89. The number of aryl methyl sites for hydroxylation is 1. The lowest BCUT2D eigenvalue weighted by atomic mass is 10.1. The van der Waals surface area contributed by atoms with Crippen molar-refractivity contribution >= 4 is 22.8 Å². The fourth-order valence-electron chi connectivity index (χ4n) is 1.76. The van der Waals surface area contributed by atoms with Crippen LogP contribution in [0.4, 0.5) is 5.82 Å². The van der Waals surface area contributed by atoms with Gasteiger partial charge < -0.3 is 14.8 Å². The van der Waals surface area contributed by atoms with E-state index in [0.29, 0.717) is 22.7 Å². The molecule has 0 atom stereocenters. The van der Waals surface area contributed by atoms with E-state index in [1.54, 1.807) is 31.5 Å². The van der Waals surface area contributed by atoms with Gasteiger partial charge in [0.25, 0.3) is 5.91 Å². The maximum atomic E-state index is 12.1. The van der Waals surface area contributed by atoms with E-state index in [-0.39, 0.29) is 5.91 Å². The van der Waals surface area contributed by atoms with Crippen LogP contribution in [0.2, 0.25) is 0 Å². The number of aromatic amines is 1. The molecule has 0 aliphatic rings. The zero-order chi connectivity index (χ0) is 12.5. The van der Waals surface area contributed by atoms with E-state index in [1.165, 1.54) is 0 Å². The van der Waals surface area contributed by atoms with Crippen LogP contribution >= 0.6 is 0 Å². The summed E-state index contributed by atoms with van der Waals surface area (Å²) in [6, 6.07) is 7.02. The number of carbonyl (C=O) groups is 1. The van der Waals surface area contributed by atoms with E-state index in [0.717, 1.165) is 5.52 Å². The SMILES string of the molecule is Cc1cc(NC(=O)c2cccc3[nH]cnc23)no1. The van der Waals surface area contributed by atoms with Crippen LogP contribution in [0.5, 0.6) is 0 Å². The number of hydrogen-bond acceptors (Lipinski definition) is 4. The Labute approximate surface area is 102 Å². The number of nitrogens with one attached hydrogen (secondary N) is 2. The van der Waals surface area contributed by atoms with Crippen LogP contribution in [-0.2, 0) is 0 Å². The smallest absolute Gasteiger partial charge is 0.259 e. The Balaban J connectivity index is 1.94. The third kappa shape index (κ3) is 1.73. The average Bonchev–Trinajstić information content (AvgIpc) is 2.97. The van der Waals surface area contributed by atoms with Crippen LogP contribution in [0.25, 0.3) is 11.0 Å². The van der Waals surface area contributed by atoms with Gasteiger partial charge in [0.2, 0.25) is 0 Å². The molecule has 0 saturated carbocycles. The Morgan fingerprint density at radius 3 is 3.11 bits per heavy atom. The first-order valence-electron chi connectivity index (χ1n) is 5.41. The molecule has 2 N–H and O–H groups in total. The van der Waals surface area contributed by atoms with E-state index >= 15 is 0 Å². The summed E-state index contributed by atoms with van der Waals surface area (Å²) in [5, 5.41) is 6.38. The van der Waals surface area contributed by atoms with Crippen LogP contribution in [0.1, 0.15) is 16.1 Å². The van der Waals surface area contributed by atoms with Crippen molar-refractivity contribution in [1.29, 1.82) is 0 Å². The Kier molecular flexibility index (Phi) is 2.33. The molecular formula is C12H10N4O2. The predicted octanol–water partition coefficient (Wildman–Crippen LogP) is 2.11. The van der Waals surface area contributed by atoms with E-state index in [4.69, 9.17) is 4.52 Å². The van der Waals surface area contributed by atoms with Gasteiger partial charge in [-0.2, -0.15) is 0 Å². The molecule has 0 saturated heterocycles. The van der Waals surface area contributed by atoms with Gasteiger partial charge in [0.15, 0.2) is 5.82 Å². The molecule has 1 aromatic carbocycles. The fourth-order valence-corrected chi connectivity index (χ4v) is 1.76. The molecule has 6 heteroatoms. The number of carbonyl (C=O) groups excluding carboxylic acids is 1. The summed E-state index contributed by atoms with van der Waals surface area (Å²) >= 11 is 0. The summed E-state index contributed by atoms with van der Waals surface area (Å²) in [7, 11) is 0. The highest BCUT2D eigenvalue weighted by Gasteiger charge is 2.13. The third-order valence-corrected chi connectivity index (χ3v) is 2.56. The van der Waals surface area contributed by atoms with Crippen molar-refractivity contribution in [2.45, 2.75) is 6.92 Å². The Bertz CT molecular complexity index is 714. The zero-order valence-electron chi connectivity index (χ0n) is 9.60. The highest BCUT2D eigenvalue weighted by Crippen LogP contribution is 2.16. The lowest BCUT2D eigenvalue weighted by molar-refractivity contribution is 0.102. The number of fused-ring (bicyclic) bond motifs is 1. The maximum Gasteiger partial charge on any atom is 0.259 e. The van der Waals surface area contributed by atoms with Crippen molar-refractivity contribution in [2.75, 3.05) is 5.32 Å². The van der Waals surface area contributed by atoms with E-state index < -0.39 is 0 Å². The van der Waals surface area contributed by atoms with Gasteiger partial charge in [0.05, 0.1) is 17.4 Å². The number of aromatic nitrogens is 3. The summed E-state index contributed by atoms with van der Waals surface area (Å²) in [6.07, 6.45) is 1.56. The Hall–Kier alpha value is -2.63. The van der Waals surface area contributed by atoms with Crippen molar-refractivity contribution in [3.8, 4) is 0 Å². The third-order valence-electron chi connectivity index (χ3n) is 2.56. The molecule has 3 aromatic rings. The number of anilines is 1. The molecule has 0 fully saturated rings. The summed E-state index contributed by atoms with van der Waals surface area (Å²) in [5.41, 5.74) is 1.95. The van der Waals surface area contributed by atoms with Crippen molar-refractivity contribution in [3.05, 3.63) is 41.9 Å². The van der Waals surface area contributed by atoms with Crippen molar-refractivity contribution in [2.24, 2.45) is 0 Å². The second-order valence-corrected chi connectivity index (χ2v) is 3.88. The maximum absolute atomic E-state index is 12.1. The molecule has 0 bridgehead atoms. The molecule has 0 aliphatic heterocycles. The number of para-hydroxylation sites is 1. The quantitative estimate of drug-likeness (QED) is 0.720. The number of H-pyrrole nitrogens is 1. The Morgan fingerprint density at radius 1 is 1.44 bits per heavy atom. The standard InChI is InChI=1S/C12H10N4O2/c1-7-5-10(16-18-7)15-12(17)8-3-2-4-9-11(8)14-6-13-9/h2-6H,1H3,(H,13,14)(H,15,16,17). The van der Waals surface area contributed by atoms with Crippen molar-refractivity contribution in [3.63, 3.8) is 0 Å². The number of nitrogens with zero attached hydrogens (tertiary/aromatic N) is 2. The van der Waals surface area contributed by atoms with Gasteiger partial charge in [-0.1, -0.05) is 11.2 Å². The van der Waals surface area contributed by atoms with Gasteiger partial charge in [-0.25, -0.2) is 4.98 Å².